The van der Waals surface area contributed by atoms with E-state index in [0.29, 0.717) is 16.9 Å². The van der Waals surface area contributed by atoms with E-state index in [1.165, 1.54) is 22.8 Å². The van der Waals surface area contributed by atoms with Gasteiger partial charge in [-0.2, -0.15) is 27.5 Å². The maximum atomic E-state index is 14.5. The maximum Gasteiger partial charge on any atom is 0.416 e. The lowest BCUT2D eigenvalue weighted by molar-refractivity contribution is -0.137. The molecule has 2 aromatic carbocycles. The molecule has 0 saturated carbocycles. The third kappa shape index (κ3) is 3.49. The summed E-state index contributed by atoms with van der Waals surface area (Å²) in [5, 5.41) is 2.59. The summed E-state index contributed by atoms with van der Waals surface area (Å²) in [6.45, 7) is 1.63. The second kappa shape index (κ2) is 6.94. The first-order valence-electron chi connectivity index (χ1n) is 8.56. The Labute approximate surface area is 166 Å². The second-order valence-corrected chi connectivity index (χ2v) is 6.40. The molecule has 0 atom stereocenters. The van der Waals surface area contributed by atoms with Gasteiger partial charge in [0.15, 0.2) is 11.6 Å². The lowest BCUT2D eigenvalue weighted by Gasteiger charge is -2.12. The number of benzene rings is 2. The second-order valence-electron chi connectivity index (χ2n) is 6.40. The number of nitrogens with one attached hydrogen (secondary N) is 1. The van der Waals surface area contributed by atoms with Crippen LogP contribution in [0.4, 0.5) is 39.3 Å². The summed E-state index contributed by atoms with van der Waals surface area (Å²) in [4.78, 5) is 12.3. The molecule has 0 fully saturated rings. The molecular weight excluding hydrogens is 407 g/mol. The van der Waals surface area contributed by atoms with Crippen LogP contribution in [0.2, 0.25) is 0 Å². The van der Waals surface area contributed by atoms with Crippen molar-refractivity contribution in [3.63, 3.8) is 0 Å². The number of hydrogen-bond donors (Lipinski definition) is 2. The van der Waals surface area contributed by atoms with E-state index in [1.807, 2.05) is 0 Å². The molecule has 11 heteroatoms. The molecule has 0 bridgehead atoms. The first-order valence-corrected chi connectivity index (χ1v) is 8.56. The SMILES string of the molecule is Cc1nc2ccc(F)cc2n1-c1nc(N)c(F)c(Nc2ccc(C(F)(F)F)cc2)n1. The topological polar surface area (TPSA) is 81.7 Å². The van der Waals surface area contributed by atoms with Crippen LogP contribution in [0.25, 0.3) is 17.0 Å². The van der Waals surface area contributed by atoms with E-state index in [4.69, 9.17) is 5.73 Å². The highest BCUT2D eigenvalue weighted by Crippen LogP contribution is 2.31. The summed E-state index contributed by atoms with van der Waals surface area (Å²) in [5.74, 6) is -2.01. The van der Waals surface area contributed by atoms with E-state index in [1.54, 1.807) is 6.92 Å². The number of nitrogens with two attached hydrogens (primary N) is 1. The highest BCUT2D eigenvalue weighted by atomic mass is 19.4. The van der Waals surface area contributed by atoms with E-state index in [0.717, 1.165) is 24.3 Å². The molecule has 4 rings (SSSR count). The molecule has 0 saturated heterocycles. The minimum atomic E-state index is -4.49. The summed E-state index contributed by atoms with van der Waals surface area (Å²) in [6, 6.07) is 7.91. The highest BCUT2D eigenvalue weighted by Gasteiger charge is 2.30. The van der Waals surface area contributed by atoms with Gasteiger partial charge in [0.05, 0.1) is 16.6 Å². The first kappa shape index (κ1) is 19.6. The van der Waals surface area contributed by atoms with Crippen LogP contribution in [0.5, 0.6) is 0 Å². The number of fused-ring (bicyclic) bond motifs is 1. The largest absolute Gasteiger partial charge is 0.416 e. The minimum absolute atomic E-state index is 0.0751. The van der Waals surface area contributed by atoms with Gasteiger partial charge in [0.25, 0.3) is 0 Å². The van der Waals surface area contributed by atoms with E-state index in [-0.39, 0.29) is 17.5 Å². The van der Waals surface area contributed by atoms with Gasteiger partial charge < -0.3 is 11.1 Å². The van der Waals surface area contributed by atoms with Gasteiger partial charge in [-0.15, -0.1) is 0 Å². The predicted octanol–water partition coefficient (Wildman–Crippen LogP) is 4.75. The summed E-state index contributed by atoms with van der Waals surface area (Å²) in [7, 11) is 0. The highest BCUT2D eigenvalue weighted by molar-refractivity contribution is 5.78. The number of rotatable bonds is 3. The molecule has 2 aromatic heterocycles. The Hall–Kier alpha value is -3.76. The molecule has 2 heterocycles. The number of aryl methyl sites for hydroxylation is 1. The number of alkyl halides is 3. The van der Waals surface area contributed by atoms with Gasteiger partial charge in [-0.1, -0.05) is 0 Å². The number of nitrogen functional groups attached to an aromatic ring is 1. The Balaban J connectivity index is 1.77. The Morgan fingerprint density at radius 1 is 0.967 bits per heavy atom. The van der Waals surface area contributed by atoms with Crippen LogP contribution in [0.1, 0.15) is 11.4 Å². The van der Waals surface area contributed by atoms with Crippen molar-refractivity contribution in [3.8, 4) is 5.95 Å². The predicted molar refractivity (Wildman–Crippen MR) is 100 cm³/mol. The van der Waals surface area contributed by atoms with Gasteiger partial charge in [0, 0.05) is 11.8 Å². The molecule has 0 amide bonds. The lowest BCUT2D eigenvalue weighted by Crippen LogP contribution is -2.11. The molecule has 0 spiro atoms. The number of hydrogen-bond acceptors (Lipinski definition) is 5. The van der Waals surface area contributed by atoms with Crippen LogP contribution in [-0.4, -0.2) is 19.5 Å². The number of anilines is 3. The van der Waals surface area contributed by atoms with Crippen molar-refractivity contribution in [1.29, 1.82) is 0 Å². The smallest absolute Gasteiger partial charge is 0.381 e. The van der Waals surface area contributed by atoms with Crippen LogP contribution < -0.4 is 11.1 Å². The molecular formula is C19H13F5N6. The molecule has 0 unspecified atom stereocenters. The van der Waals surface area contributed by atoms with Crippen molar-refractivity contribution in [2.75, 3.05) is 11.1 Å². The molecule has 3 N–H and O–H groups in total. The van der Waals surface area contributed by atoms with Crippen molar-refractivity contribution in [2.45, 2.75) is 13.1 Å². The van der Waals surface area contributed by atoms with Gasteiger partial charge in [0.1, 0.15) is 11.6 Å². The van der Waals surface area contributed by atoms with E-state index in [9.17, 15) is 22.0 Å². The summed E-state index contributed by atoms with van der Waals surface area (Å²) < 4.78 is 67.7. The first-order chi connectivity index (χ1) is 14.1. The summed E-state index contributed by atoms with van der Waals surface area (Å²) in [6.07, 6.45) is -4.49. The Kier molecular flexibility index (Phi) is 4.52. The Bertz CT molecular complexity index is 1250. The van der Waals surface area contributed by atoms with E-state index in [2.05, 4.69) is 20.3 Å². The van der Waals surface area contributed by atoms with Crippen LogP contribution in [0.15, 0.2) is 42.5 Å². The fourth-order valence-corrected chi connectivity index (χ4v) is 2.94. The zero-order valence-corrected chi connectivity index (χ0v) is 15.3. The summed E-state index contributed by atoms with van der Waals surface area (Å²) in [5.41, 5.74) is 5.79. The van der Waals surface area contributed by atoms with Crippen LogP contribution in [-0.2, 0) is 6.18 Å². The van der Waals surface area contributed by atoms with Crippen LogP contribution in [0, 0.1) is 18.6 Å². The van der Waals surface area contributed by atoms with Crippen molar-refractivity contribution < 1.29 is 22.0 Å². The lowest BCUT2D eigenvalue weighted by atomic mass is 10.2. The molecule has 0 aliphatic heterocycles. The molecule has 6 nitrogen and oxygen atoms in total. The summed E-state index contributed by atoms with van der Waals surface area (Å²) >= 11 is 0. The number of aromatic nitrogens is 4. The molecule has 0 aliphatic rings. The third-order valence-corrected chi connectivity index (χ3v) is 4.32. The van der Waals surface area contributed by atoms with Crippen molar-refractivity contribution in [3.05, 3.63) is 65.5 Å². The van der Waals surface area contributed by atoms with Crippen molar-refractivity contribution in [2.24, 2.45) is 0 Å². The normalized spacial score (nSPS) is 11.8. The zero-order valence-electron chi connectivity index (χ0n) is 15.3. The fraction of sp³-hybridized carbons (Fsp3) is 0.105. The molecule has 0 aliphatic carbocycles. The fourth-order valence-electron chi connectivity index (χ4n) is 2.94. The average Bonchev–Trinajstić information content (AvgIpc) is 3.00. The number of nitrogens with zero attached hydrogens (tertiary/aromatic N) is 4. The van der Waals surface area contributed by atoms with E-state index >= 15 is 0 Å². The van der Waals surface area contributed by atoms with Gasteiger partial charge >= 0.3 is 6.18 Å². The average molecular weight is 420 g/mol. The number of imidazole rings is 1. The zero-order chi connectivity index (χ0) is 21.6. The van der Waals surface area contributed by atoms with Gasteiger partial charge in [-0.05, 0) is 43.3 Å². The van der Waals surface area contributed by atoms with Crippen LogP contribution in [0.3, 0.4) is 0 Å². The maximum absolute atomic E-state index is 14.5. The quantitative estimate of drug-likeness (QED) is 0.468. The van der Waals surface area contributed by atoms with Crippen molar-refractivity contribution >= 4 is 28.4 Å². The van der Waals surface area contributed by atoms with Gasteiger partial charge in [-0.25, -0.2) is 9.37 Å². The number of halogens is 5. The van der Waals surface area contributed by atoms with Crippen LogP contribution >= 0.6 is 0 Å². The standard InChI is InChI=1S/C19H13F5N6/c1-9-26-13-7-4-11(20)8-14(13)30(9)18-28-16(25)15(21)17(29-18)27-12-5-2-10(3-6-12)19(22,23)24/h2-8H,1H3,(H3,25,27,28,29). The monoisotopic (exact) mass is 420 g/mol. The van der Waals surface area contributed by atoms with Gasteiger partial charge in [0.2, 0.25) is 11.8 Å². The van der Waals surface area contributed by atoms with Gasteiger partial charge in [-0.3, -0.25) is 4.57 Å². The molecule has 154 valence electrons. The third-order valence-electron chi connectivity index (χ3n) is 4.32. The minimum Gasteiger partial charge on any atom is -0.381 e. The molecule has 0 radical (unpaired) electrons. The van der Waals surface area contributed by atoms with E-state index < -0.39 is 29.2 Å². The molecule has 30 heavy (non-hydrogen) atoms. The molecule has 4 aromatic rings. The Morgan fingerprint density at radius 3 is 2.33 bits per heavy atom. The van der Waals surface area contributed by atoms with Crippen molar-refractivity contribution in [1.82, 2.24) is 19.5 Å². The Morgan fingerprint density at radius 2 is 1.67 bits per heavy atom.